The predicted molar refractivity (Wildman–Crippen MR) is 49.7 cm³/mol. The van der Waals surface area contributed by atoms with E-state index in [0.29, 0.717) is 19.4 Å². The van der Waals surface area contributed by atoms with E-state index in [1.54, 1.807) is 6.92 Å². The van der Waals surface area contributed by atoms with Crippen LogP contribution in [-0.2, 0) is 9.53 Å². The van der Waals surface area contributed by atoms with Crippen molar-refractivity contribution < 1.29 is 14.6 Å². The molecule has 2 atom stereocenters. The maximum absolute atomic E-state index is 11.4. The summed E-state index contributed by atoms with van der Waals surface area (Å²) in [4.78, 5) is 10.2. The van der Waals surface area contributed by atoms with Crippen LogP contribution < -0.4 is 0 Å². The van der Waals surface area contributed by atoms with Crippen molar-refractivity contribution in [3.05, 3.63) is 0 Å². The standard InChI is InChI=1S/C9H15ClO3/c1-2-13-8(12)9(10)6-4-3-5-7(9)11/h7,11H,2-6H2,1H3. The van der Waals surface area contributed by atoms with Crippen LogP contribution in [-0.4, -0.2) is 28.7 Å². The van der Waals surface area contributed by atoms with Crippen LogP contribution in [0, 0.1) is 0 Å². The minimum absolute atomic E-state index is 0.306. The van der Waals surface area contributed by atoms with Crippen LogP contribution in [0.15, 0.2) is 0 Å². The molecule has 0 aromatic carbocycles. The Bertz CT molecular complexity index is 195. The quantitative estimate of drug-likeness (QED) is 0.550. The minimum atomic E-state index is -1.19. The number of hydrogen-bond donors (Lipinski definition) is 1. The monoisotopic (exact) mass is 206 g/mol. The maximum atomic E-state index is 11.4. The van der Waals surface area contributed by atoms with E-state index in [2.05, 4.69) is 0 Å². The van der Waals surface area contributed by atoms with E-state index < -0.39 is 16.9 Å². The molecule has 1 aliphatic carbocycles. The molecule has 0 aromatic heterocycles. The maximum Gasteiger partial charge on any atom is 0.329 e. The third-order valence-electron chi connectivity index (χ3n) is 2.41. The topological polar surface area (TPSA) is 46.5 Å². The number of rotatable bonds is 2. The highest BCUT2D eigenvalue weighted by molar-refractivity contribution is 6.34. The van der Waals surface area contributed by atoms with Crippen molar-refractivity contribution in [2.24, 2.45) is 0 Å². The zero-order valence-corrected chi connectivity index (χ0v) is 8.51. The molecule has 13 heavy (non-hydrogen) atoms. The van der Waals surface area contributed by atoms with E-state index in [-0.39, 0.29) is 0 Å². The summed E-state index contributed by atoms with van der Waals surface area (Å²) in [7, 11) is 0. The third kappa shape index (κ3) is 2.15. The lowest BCUT2D eigenvalue weighted by atomic mass is 9.86. The number of halogens is 1. The molecule has 0 heterocycles. The van der Waals surface area contributed by atoms with Gasteiger partial charge in [-0.2, -0.15) is 0 Å². The fraction of sp³-hybridized carbons (Fsp3) is 0.889. The number of alkyl halides is 1. The van der Waals surface area contributed by atoms with E-state index in [0.717, 1.165) is 12.8 Å². The summed E-state index contributed by atoms with van der Waals surface area (Å²) in [6, 6.07) is 0. The summed E-state index contributed by atoms with van der Waals surface area (Å²) in [6.07, 6.45) is 2.13. The Morgan fingerprint density at radius 3 is 2.92 bits per heavy atom. The van der Waals surface area contributed by atoms with Crippen molar-refractivity contribution >= 4 is 17.6 Å². The number of hydrogen-bond acceptors (Lipinski definition) is 3. The van der Waals surface area contributed by atoms with Gasteiger partial charge in [-0.05, 0) is 19.8 Å². The molecule has 0 amide bonds. The lowest BCUT2D eigenvalue weighted by Crippen LogP contribution is -2.47. The number of carbonyl (C=O) groups excluding carboxylic acids is 1. The van der Waals surface area contributed by atoms with Gasteiger partial charge in [-0.3, -0.25) is 4.79 Å². The summed E-state index contributed by atoms with van der Waals surface area (Å²) >= 11 is 6.03. The Morgan fingerprint density at radius 1 is 1.69 bits per heavy atom. The second-order valence-corrected chi connectivity index (χ2v) is 4.02. The molecule has 3 nitrogen and oxygen atoms in total. The average molecular weight is 207 g/mol. The molecule has 0 saturated heterocycles. The van der Waals surface area contributed by atoms with E-state index in [9.17, 15) is 9.90 Å². The Morgan fingerprint density at radius 2 is 2.38 bits per heavy atom. The summed E-state index contributed by atoms with van der Waals surface area (Å²) in [6.45, 7) is 2.04. The number of ether oxygens (including phenoxy) is 1. The summed E-state index contributed by atoms with van der Waals surface area (Å²) in [5.41, 5.74) is 0. The van der Waals surface area contributed by atoms with Gasteiger partial charge in [-0.1, -0.05) is 12.8 Å². The van der Waals surface area contributed by atoms with Crippen molar-refractivity contribution in [3.8, 4) is 0 Å². The SMILES string of the molecule is CCOC(=O)C1(Cl)CCCCC1O. The molecule has 1 saturated carbocycles. The number of esters is 1. The molecule has 0 aliphatic heterocycles. The van der Waals surface area contributed by atoms with Crippen LogP contribution in [0.1, 0.15) is 32.6 Å². The normalized spacial score (nSPS) is 34.2. The number of aliphatic hydroxyl groups is 1. The van der Waals surface area contributed by atoms with Crippen molar-refractivity contribution in [2.45, 2.75) is 43.6 Å². The second kappa shape index (κ2) is 4.29. The summed E-state index contributed by atoms with van der Waals surface area (Å²) in [5.74, 6) is -0.483. The molecule has 1 rings (SSSR count). The zero-order valence-electron chi connectivity index (χ0n) is 7.75. The minimum Gasteiger partial charge on any atom is -0.465 e. The molecule has 2 unspecified atom stereocenters. The largest absolute Gasteiger partial charge is 0.465 e. The van der Waals surface area contributed by atoms with Crippen LogP contribution in [0.2, 0.25) is 0 Å². The highest BCUT2D eigenvalue weighted by Gasteiger charge is 2.46. The van der Waals surface area contributed by atoms with Gasteiger partial charge in [0.15, 0.2) is 4.87 Å². The Kier molecular flexibility index (Phi) is 3.56. The van der Waals surface area contributed by atoms with Gasteiger partial charge in [0, 0.05) is 0 Å². The van der Waals surface area contributed by atoms with Gasteiger partial charge < -0.3 is 9.84 Å². The van der Waals surface area contributed by atoms with Crippen LogP contribution in [0.4, 0.5) is 0 Å². The fourth-order valence-electron chi connectivity index (χ4n) is 1.60. The molecule has 1 aliphatic rings. The molecule has 1 N–H and O–H groups in total. The zero-order chi connectivity index (χ0) is 9.90. The van der Waals surface area contributed by atoms with E-state index in [1.165, 1.54) is 0 Å². The van der Waals surface area contributed by atoms with Crippen LogP contribution >= 0.6 is 11.6 Å². The van der Waals surface area contributed by atoms with Gasteiger partial charge in [0.1, 0.15) is 0 Å². The average Bonchev–Trinajstić information content (AvgIpc) is 2.11. The van der Waals surface area contributed by atoms with Crippen LogP contribution in [0.5, 0.6) is 0 Å². The van der Waals surface area contributed by atoms with Crippen molar-refractivity contribution in [1.29, 1.82) is 0 Å². The Balaban J connectivity index is 2.65. The number of carbonyl (C=O) groups is 1. The van der Waals surface area contributed by atoms with Crippen molar-refractivity contribution in [1.82, 2.24) is 0 Å². The lowest BCUT2D eigenvalue weighted by Gasteiger charge is -2.33. The van der Waals surface area contributed by atoms with Crippen LogP contribution in [0.25, 0.3) is 0 Å². The summed E-state index contributed by atoms with van der Waals surface area (Å²) < 4.78 is 4.82. The van der Waals surface area contributed by atoms with Gasteiger partial charge in [0.25, 0.3) is 0 Å². The van der Waals surface area contributed by atoms with Crippen LogP contribution in [0.3, 0.4) is 0 Å². The molecular weight excluding hydrogens is 192 g/mol. The first-order valence-corrected chi connectivity index (χ1v) is 5.03. The highest BCUT2D eigenvalue weighted by Crippen LogP contribution is 2.35. The molecule has 0 aromatic rings. The Hall–Kier alpha value is -0.280. The van der Waals surface area contributed by atoms with Gasteiger partial charge in [0.2, 0.25) is 0 Å². The molecule has 4 heteroatoms. The lowest BCUT2D eigenvalue weighted by molar-refractivity contribution is -0.151. The smallest absolute Gasteiger partial charge is 0.329 e. The van der Waals surface area contributed by atoms with E-state index >= 15 is 0 Å². The molecular formula is C9H15ClO3. The number of aliphatic hydroxyl groups excluding tert-OH is 1. The predicted octanol–water partition coefficient (Wildman–Crippen LogP) is 1.46. The molecule has 1 fully saturated rings. The van der Waals surface area contributed by atoms with Gasteiger partial charge >= 0.3 is 5.97 Å². The summed E-state index contributed by atoms with van der Waals surface area (Å²) in [5, 5.41) is 9.59. The third-order valence-corrected chi connectivity index (χ3v) is 3.01. The molecule has 76 valence electrons. The highest BCUT2D eigenvalue weighted by atomic mass is 35.5. The van der Waals surface area contributed by atoms with Gasteiger partial charge in [-0.25, -0.2) is 0 Å². The first-order chi connectivity index (χ1) is 6.11. The van der Waals surface area contributed by atoms with E-state index in [1.807, 2.05) is 0 Å². The Labute approximate surface area is 83.0 Å². The van der Waals surface area contributed by atoms with Crippen molar-refractivity contribution in [2.75, 3.05) is 6.61 Å². The molecule has 0 spiro atoms. The second-order valence-electron chi connectivity index (χ2n) is 3.34. The first-order valence-electron chi connectivity index (χ1n) is 4.65. The fourth-order valence-corrected chi connectivity index (χ4v) is 1.90. The molecule has 0 radical (unpaired) electrons. The molecule has 0 bridgehead atoms. The van der Waals surface area contributed by atoms with E-state index in [4.69, 9.17) is 16.3 Å². The van der Waals surface area contributed by atoms with Gasteiger partial charge in [-0.15, -0.1) is 11.6 Å². The van der Waals surface area contributed by atoms with Gasteiger partial charge in [0.05, 0.1) is 12.7 Å². The van der Waals surface area contributed by atoms with Crippen molar-refractivity contribution in [3.63, 3.8) is 0 Å². The first kappa shape index (κ1) is 10.8.